The molecule has 2 aromatic carbocycles. The van der Waals surface area contributed by atoms with E-state index in [1.54, 1.807) is 0 Å². The van der Waals surface area contributed by atoms with E-state index in [0.717, 1.165) is 48.0 Å². The van der Waals surface area contributed by atoms with Gasteiger partial charge < -0.3 is 10.2 Å². The second kappa shape index (κ2) is 10.8. The molecule has 0 saturated heterocycles. The predicted molar refractivity (Wildman–Crippen MR) is 122 cm³/mol. The van der Waals surface area contributed by atoms with E-state index in [2.05, 4.69) is 50.2 Å². The fraction of sp³-hybridized carbons (Fsp3) is 0.444. The second-order valence-corrected chi connectivity index (χ2v) is 8.98. The molecule has 2 fully saturated rings. The molecule has 31 heavy (non-hydrogen) atoms. The Kier molecular flexibility index (Phi) is 8.41. The summed E-state index contributed by atoms with van der Waals surface area (Å²) in [7, 11) is 0. The molecule has 0 amide bonds. The SMILES string of the molecule is Cc1[c-]c(-c2ccc3ccccc3n2)cc(C)c1.OC1CCCCC2CCC(O)C12.[Ir]. The third-order valence-electron chi connectivity index (χ3n) is 6.61. The van der Waals surface area contributed by atoms with Gasteiger partial charge in [0.15, 0.2) is 0 Å². The molecule has 4 atom stereocenters. The Balaban J connectivity index is 0.000000183. The van der Waals surface area contributed by atoms with Crippen LogP contribution in [0.3, 0.4) is 0 Å². The zero-order valence-electron chi connectivity index (χ0n) is 18.3. The van der Waals surface area contributed by atoms with Gasteiger partial charge in [-0.1, -0.05) is 57.0 Å². The number of fused-ring (bicyclic) bond motifs is 2. The molecule has 1 heterocycles. The topological polar surface area (TPSA) is 53.4 Å². The molecule has 3 nitrogen and oxygen atoms in total. The maximum atomic E-state index is 9.77. The van der Waals surface area contributed by atoms with Gasteiger partial charge in [-0.05, 0) is 48.7 Å². The number of nitrogens with zero attached hydrogens (tertiary/aromatic N) is 1. The van der Waals surface area contributed by atoms with E-state index in [9.17, 15) is 10.2 Å². The van der Waals surface area contributed by atoms with Crippen molar-refractivity contribution in [3.05, 3.63) is 65.7 Å². The van der Waals surface area contributed by atoms with Gasteiger partial charge in [-0.25, -0.2) is 0 Å². The van der Waals surface area contributed by atoms with E-state index >= 15 is 0 Å². The van der Waals surface area contributed by atoms with Gasteiger partial charge in [0.25, 0.3) is 0 Å². The van der Waals surface area contributed by atoms with Gasteiger partial charge in [-0.15, -0.1) is 34.9 Å². The number of benzene rings is 2. The molecule has 0 spiro atoms. The first kappa shape index (κ1) is 24.1. The molecule has 167 valence electrons. The molecule has 4 heteroatoms. The third-order valence-corrected chi connectivity index (χ3v) is 6.61. The third kappa shape index (κ3) is 5.81. The van der Waals surface area contributed by atoms with E-state index in [-0.39, 0.29) is 38.2 Å². The molecule has 1 radical (unpaired) electrons. The number of rotatable bonds is 1. The van der Waals surface area contributed by atoms with Crippen LogP contribution in [0.15, 0.2) is 48.5 Å². The summed E-state index contributed by atoms with van der Waals surface area (Å²) in [6.07, 6.45) is 6.09. The Labute approximate surface area is 199 Å². The summed E-state index contributed by atoms with van der Waals surface area (Å²) in [5, 5.41) is 20.6. The van der Waals surface area contributed by atoms with E-state index < -0.39 is 0 Å². The summed E-state index contributed by atoms with van der Waals surface area (Å²) in [6, 6.07) is 20.0. The molecular weight excluding hydrogens is 563 g/mol. The molecule has 2 aliphatic carbocycles. The van der Waals surface area contributed by atoms with Crippen molar-refractivity contribution in [2.24, 2.45) is 11.8 Å². The molecule has 2 N–H and O–H groups in total. The van der Waals surface area contributed by atoms with Crippen LogP contribution in [0.2, 0.25) is 0 Å². The van der Waals surface area contributed by atoms with Gasteiger partial charge >= 0.3 is 0 Å². The Morgan fingerprint density at radius 3 is 2.42 bits per heavy atom. The molecular formula is C27H32IrNO2-. The monoisotopic (exact) mass is 595 g/mol. The first-order valence-electron chi connectivity index (χ1n) is 11.2. The van der Waals surface area contributed by atoms with E-state index in [1.165, 1.54) is 23.8 Å². The molecule has 5 rings (SSSR count). The van der Waals surface area contributed by atoms with Crippen LogP contribution in [0, 0.1) is 31.7 Å². The summed E-state index contributed by atoms with van der Waals surface area (Å²) in [4.78, 5) is 4.70. The van der Waals surface area contributed by atoms with Gasteiger partial charge in [0, 0.05) is 26.0 Å². The van der Waals surface area contributed by atoms with Gasteiger partial charge in [-0.3, -0.25) is 4.98 Å². The Bertz CT molecular complexity index is 985. The average molecular weight is 595 g/mol. The van der Waals surface area contributed by atoms with Crippen LogP contribution in [-0.4, -0.2) is 27.4 Å². The number of aliphatic hydroxyl groups excluding tert-OH is 2. The molecule has 0 bridgehead atoms. The Morgan fingerprint density at radius 1 is 0.871 bits per heavy atom. The quantitative estimate of drug-likeness (QED) is 0.360. The van der Waals surface area contributed by atoms with Crippen LogP contribution in [0.5, 0.6) is 0 Å². The zero-order valence-corrected chi connectivity index (χ0v) is 20.7. The van der Waals surface area contributed by atoms with E-state index in [1.807, 2.05) is 18.2 Å². The van der Waals surface area contributed by atoms with Gasteiger partial charge in [0.05, 0.1) is 17.7 Å². The number of para-hydroxylation sites is 1. The number of hydrogen-bond donors (Lipinski definition) is 2. The second-order valence-electron chi connectivity index (χ2n) is 8.98. The maximum absolute atomic E-state index is 9.77. The van der Waals surface area contributed by atoms with Crippen LogP contribution < -0.4 is 0 Å². The van der Waals surface area contributed by atoms with Crippen LogP contribution in [0.1, 0.15) is 49.7 Å². The first-order valence-corrected chi connectivity index (χ1v) is 11.2. The number of pyridine rings is 1. The van der Waals surface area contributed by atoms with Crippen LogP contribution >= 0.6 is 0 Å². The molecule has 2 aliphatic rings. The Hall–Kier alpha value is -1.58. The summed E-state index contributed by atoms with van der Waals surface area (Å²) in [5.41, 5.74) is 5.48. The molecule has 4 unspecified atom stereocenters. The number of aryl methyl sites for hydroxylation is 2. The number of hydrogen-bond acceptors (Lipinski definition) is 3. The number of aromatic nitrogens is 1. The van der Waals surface area contributed by atoms with Gasteiger partial charge in [0.2, 0.25) is 0 Å². The van der Waals surface area contributed by atoms with Gasteiger partial charge in [-0.2, -0.15) is 0 Å². The summed E-state index contributed by atoms with van der Waals surface area (Å²) in [5.74, 6) is 0.810. The zero-order chi connectivity index (χ0) is 21.1. The minimum absolute atomic E-state index is 0. The van der Waals surface area contributed by atoms with Crippen molar-refractivity contribution in [1.82, 2.24) is 4.98 Å². The van der Waals surface area contributed by atoms with Crippen molar-refractivity contribution < 1.29 is 30.3 Å². The Morgan fingerprint density at radius 2 is 1.61 bits per heavy atom. The van der Waals surface area contributed by atoms with Crippen molar-refractivity contribution in [2.75, 3.05) is 0 Å². The summed E-state index contributed by atoms with van der Waals surface area (Å²) >= 11 is 0. The van der Waals surface area contributed by atoms with Crippen molar-refractivity contribution >= 4 is 10.9 Å². The fourth-order valence-electron chi connectivity index (χ4n) is 5.19. The summed E-state index contributed by atoms with van der Waals surface area (Å²) < 4.78 is 0. The van der Waals surface area contributed by atoms with E-state index in [0.29, 0.717) is 5.92 Å². The van der Waals surface area contributed by atoms with Crippen molar-refractivity contribution in [3.63, 3.8) is 0 Å². The van der Waals surface area contributed by atoms with Crippen molar-refractivity contribution in [3.8, 4) is 11.3 Å². The average Bonchev–Trinajstić information content (AvgIpc) is 3.00. The van der Waals surface area contributed by atoms with Crippen molar-refractivity contribution in [1.29, 1.82) is 0 Å². The standard InChI is InChI=1S/C17H14N.C10H18O2.Ir/c1-12-9-13(2)11-15(10-12)17-8-7-14-5-3-4-6-16(14)18-17;11-8-4-2-1-3-7-5-6-9(12)10(7)8;/h3-10H,1-2H3;7-12H,1-6H2;/q-1;;. The smallest absolute Gasteiger partial charge is 0.0595 e. The van der Waals surface area contributed by atoms with Crippen LogP contribution in [0.4, 0.5) is 0 Å². The maximum Gasteiger partial charge on any atom is 0.0595 e. The fourth-order valence-corrected chi connectivity index (χ4v) is 5.19. The largest absolute Gasteiger partial charge is 0.393 e. The van der Waals surface area contributed by atoms with Crippen LogP contribution in [0.25, 0.3) is 22.2 Å². The van der Waals surface area contributed by atoms with E-state index in [4.69, 9.17) is 4.98 Å². The molecule has 0 aliphatic heterocycles. The predicted octanol–water partition coefficient (Wildman–Crippen LogP) is 5.62. The minimum atomic E-state index is -0.227. The van der Waals surface area contributed by atoms with Gasteiger partial charge in [0.1, 0.15) is 0 Å². The first-order chi connectivity index (χ1) is 14.5. The number of aliphatic hydroxyl groups is 2. The van der Waals surface area contributed by atoms with Crippen molar-refractivity contribution in [2.45, 2.75) is 64.6 Å². The summed E-state index contributed by atoms with van der Waals surface area (Å²) in [6.45, 7) is 4.17. The molecule has 1 aromatic heterocycles. The minimum Gasteiger partial charge on any atom is -0.393 e. The normalized spacial score (nSPS) is 25.0. The molecule has 2 saturated carbocycles. The molecule has 3 aromatic rings. The van der Waals surface area contributed by atoms with Crippen LogP contribution in [-0.2, 0) is 20.1 Å².